The SMILES string of the molecule is C.C.C.CC(C)CC(C)C(C)C.CC(C)CCC(C)C. The second-order valence-electron chi connectivity index (χ2n) is 7.22. The zero-order valence-corrected chi connectivity index (χ0v) is 14.0. The summed E-state index contributed by atoms with van der Waals surface area (Å²) in [6.45, 7) is 20.6. The molecule has 0 aliphatic heterocycles. The van der Waals surface area contributed by atoms with Crippen LogP contribution in [0.15, 0.2) is 0 Å². The highest BCUT2D eigenvalue weighted by Crippen LogP contribution is 2.18. The van der Waals surface area contributed by atoms with Crippen molar-refractivity contribution in [3.8, 4) is 0 Å². The summed E-state index contributed by atoms with van der Waals surface area (Å²) in [7, 11) is 0. The van der Waals surface area contributed by atoms with Crippen molar-refractivity contribution in [1.29, 1.82) is 0 Å². The molecule has 0 heterocycles. The molecule has 0 nitrogen and oxygen atoms in total. The molecule has 0 rings (SSSR count). The van der Waals surface area contributed by atoms with E-state index in [2.05, 4.69) is 62.3 Å². The highest BCUT2D eigenvalue weighted by Gasteiger charge is 2.07. The number of rotatable bonds is 6. The molecule has 0 aliphatic carbocycles. The molecule has 0 radical (unpaired) electrons. The smallest absolute Gasteiger partial charge is 0.0417 e. The molecule has 0 saturated carbocycles. The second-order valence-corrected chi connectivity index (χ2v) is 7.22. The maximum Gasteiger partial charge on any atom is -0.0417 e. The van der Waals surface area contributed by atoms with Crippen molar-refractivity contribution in [2.45, 2.75) is 104 Å². The second kappa shape index (κ2) is 19.0. The molecule has 0 heteroatoms. The minimum atomic E-state index is 0. The van der Waals surface area contributed by atoms with E-state index in [0.29, 0.717) is 0 Å². The Morgan fingerprint density at radius 3 is 0.900 bits per heavy atom. The fourth-order valence-electron chi connectivity index (χ4n) is 1.68. The van der Waals surface area contributed by atoms with Crippen molar-refractivity contribution in [2.24, 2.45) is 29.6 Å². The molecule has 130 valence electrons. The Morgan fingerprint density at radius 2 is 0.800 bits per heavy atom. The summed E-state index contributed by atoms with van der Waals surface area (Å²) in [5.74, 6) is 4.38. The van der Waals surface area contributed by atoms with Gasteiger partial charge in [-0.3, -0.25) is 0 Å². The van der Waals surface area contributed by atoms with Gasteiger partial charge in [0.2, 0.25) is 0 Å². The fourth-order valence-corrected chi connectivity index (χ4v) is 1.68. The van der Waals surface area contributed by atoms with E-state index in [4.69, 9.17) is 0 Å². The summed E-state index contributed by atoms with van der Waals surface area (Å²) < 4.78 is 0. The van der Waals surface area contributed by atoms with Gasteiger partial charge < -0.3 is 0 Å². The Kier molecular flexibility index (Phi) is 30.5. The van der Waals surface area contributed by atoms with Gasteiger partial charge in [-0.1, -0.05) is 97.4 Å². The molecule has 0 spiro atoms. The first-order valence-corrected chi connectivity index (χ1v) is 7.66. The molecule has 1 unspecified atom stereocenters. The minimum Gasteiger partial charge on any atom is -0.0776 e. The highest BCUT2D eigenvalue weighted by molar-refractivity contribution is 4.58. The molecule has 0 bridgehead atoms. The van der Waals surface area contributed by atoms with Gasteiger partial charge >= 0.3 is 0 Å². The Balaban J connectivity index is -0.0000000655. The molecule has 0 N–H and O–H groups in total. The normalized spacial score (nSPS) is 11.2. The van der Waals surface area contributed by atoms with Crippen LogP contribution in [-0.4, -0.2) is 0 Å². The fraction of sp³-hybridized carbons (Fsp3) is 1.00. The summed E-state index contributed by atoms with van der Waals surface area (Å²) in [6, 6.07) is 0. The molecule has 0 saturated heterocycles. The maximum absolute atomic E-state index is 2.34. The van der Waals surface area contributed by atoms with E-state index in [1.165, 1.54) is 19.3 Å². The van der Waals surface area contributed by atoms with Crippen LogP contribution in [0.5, 0.6) is 0 Å². The van der Waals surface area contributed by atoms with Gasteiger partial charge in [-0.15, -0.1) is 0 Å². The van der Waals surface area contributed by atoms with E-state index in [1.54, 1.807) is 0 Å². The molecule has 0 aromatic carbocycles. The van der Waals surface area contributed by atoms with E-state index < -0.39 is 0 Å². The Labute approximate surface area is 134 Å². The monoisotopic (exact) mass is 290 g/mol. The first-order chi connectivity index (χ1) is 7.66. The quantitative estimate of drug-likeness (QED) is 0.461. The van der Waals surface area contributed by atoms with Gasteiger partial charge in [0.05, 0.1) is 0 Å². The van der Waals surface area contributed by atoms with Crippen LogP contribution in [0.2, 0.25) is 0 Å². The lowest BCUT2D eigenvalue weighted by molar-refractivity contribution is 0.344. The first kappa shape index (κ1) is 32.1. The zero-order chi connectivity index (χ0) is 14.0. The van der Waals surface area contributed by atoms with E-state index in [9.17, 15) is 0 Å². The number of hydrogen-bond donors (Lipinski definition) is 0. The summed E-state index contributed by atoms with van der Waals surface area (Å²) >= 11 is 0. The van der Waals surface area contributed by atoms with Gasteiger partial charge in [0.1, 0.15) is 0 Å². The largest absolute Gasteiger partial charge is 0.0776 e. The average molecular weight is 291 g/mol. The first-order valence-electron chi connectivity index (χ1n) is 7.66. The molecular formula is C20H50. The van der Waals surface area contributed by atoms with Crippen LogP contribution in [0.1, 0.15) is 104 Å². The third kappa shape index (κ3) is 30.8. The predicted molar refractivity (Wildman–Crippen MR) is 103 cm³/mol. The van der Waals surface area contributed by atoms with Crippen LogP contribution >= 0.6 is 0 Å². The summed E-state index contributed by atoms with van der Waals surface area (Å²) in [6.07, 6.45) is 4.15. The van der Waals surface area contributed by atoms with E-state index in [-0.39, 0.29) is 22.3 Å². The van der Waals surface area contributed by atoms with E-state index in [1.807, 2.05) is 0 Å². The molecule has 0 amide bonds. The topological polar surface area (TPSA) is 0 Å². The lowest BCUT2D eigenvalue weighted by Crippen LogP contribution is -2.06. The standard InChI is InChI=1S/C9H20.C8H18.3CH4/c1-7(2)6-9(5)8(3)4;1-7(2)5-6-8(3)4;;;/h7-9H,6H2,1-5H3;7-8H,5-6H2,1-4H3;3*1H4. The van der Waals surface area contributed by atoms with Crippen LogP contribution in [0, 0.1) is 29.6 Å². The van der Waals surface area contributed by atoms with Gasteiger partial charge in [0.15, 0.2) is 0 Å². The van der Waals surface area contributed by atoms with Crippen molar-refractivity contribution in [3.63, 3.8) is 0 Å². The van der Waals surface area contributed by atoms with Gasteiger partial charge in [0, 0.05) is 0 Å². The molecular weight excluding hydrogens is 240 g/mol. The average Bonchev–Trinajstić information content (AvgIpc) is 2.14. The number of hydrogen-bond acceptors (Lipinski definition) is 0. The van der Waals surface area contributed by atoms with Crippen LogP contribution in [-0.2, 0) is 0 Å². The van der Waals surface area contributed by atoms with E-state index >= 15 is 0 Å². The van der Waals surface area contributed by atoms with Crippen LogP contribution < -0.4 is 0 Å². The minimum absolute atomic E-state index is 0. The van der Waals surface area contributed by atoms with Crippen LogP contribution in [0.4, 0.5) is 0 Å². The lowest BCUT2D eigenvalue weighted by Gasteiger charge is -2.16. The predicted octanol–water partition coefficient (Wildman–Crippen LogP) is 8.31. The summed E-state index contributed by atoms with van der Waals surface area (Å²) in [5.41, 5.74) is 0. The Morgan fingerprint density at radius 1 is 0.500 bits per heavy atom. The molecule has 0 aromatic heterocycles. The molecule has 0 aromatic rings. The molecule has 20 heavy (non-hydrogen) atoms. The van der Waals surface area contributed by atoms with E-state index in [0.717, 1.165) is 29.6 Å². The zero-order valence-electron chi connectivity index (χ0n) is 14.0. The Bertz CT molecular complexity index is 134. The Hall–Kier alpha value is 0. The summed E-state index contributed by atoms with van der Waals surface area (Å²) in [4.78, 5) is 0. The van der Waals surface area contributed by atoms with Crippen molar-refractivity contribution in [3.05, 3.63) is 0 Å². The van der Waals surface area contributed by atoms with Gasteiger partial charge in [-0.25, -0.2) is 0 Å². The maximum atomic E-state index is 2.34. The highest BCUT2D eigenvalue weighted by atomic mass is 14.1. The van der Waals surface area contributed by atoms with Crippen LogP contribution in [0.25, 0.3) is 0 Å². The van der Waals surface area contributed by atoms with Crippen molar-refractivity contribution < 1.29 is 0 Å². The van der Waals surface area contributed by atoms with Gasteiger partial charge in [-0.05, 0) is 36.0 Å². The van der Waals surface area contributed by atoms with Crippen molar-refractivity contribution in [1.82, 2.24) is 0 Å². The molecule has 0 fully saturated rings. The third-order valence-corrected chi connectivity index (χ3v) is 3.30. The lowest BCUT2D eigenvalue weighted by atomic mass is 9.90. The third-order valence-electron chi connectivity index (χ3n) is 3.30. The van der Waals surface area contributed by atoms with Crippen molar-refractivity contribution in [2.75, 3.05) is 0 Å². The van der Waals surface area contributed by atoms with Gasteiger partial charge in [-0.2, -0.15) is 0 Å². The van der Waals surface area contributed by atoms with Crippen molar-refractivity contribution >= 4 is 0 Å². The molecule has 0 aliphatic rings. The van der Waals surface area contributed by atoms with Gasteiger partial charge in [0.25, 0.3) is 0 Å². The van der Waals surface area contributed by atoms with Crippen LogP contribution in [0.3, 0.4) is 0 Å². The summed E-state index contributed by atoms with van der Waals surface area (Å²) in [5, 5.41) is 0. The molecule has 1 atom stereocenters.